The van der Waals surface area contributed by atoms with Gasteiger partial charge in [0.05, 0.1) is 0 Å². The zero-order valence-electron chi connectivity index (χ0n) is 10.9. The summed E-state index contributed by atoms with van der Waals surface area (Å²) in [4.78, 5) is 0. The predicted octanol–water partition coefficient (Wildman–Crippen LogP) is 4.43. The van der Waals surface area contributed by atoms with Gasteiger partial charge in [0.2, 0.25) is 0 Å². The van der Waals surface area contributed by atoms with E-state index >= 15 is 0 Å². The standard InChI is InChI=1S/C15H14Cl2FNO/c1-19-8-10-6-12(16)2-5-15(10)20-9-11-7-13(18)3-4-14(11)17/h2-7,19H,8-9H2,1H3. The molecule has 2 rings (SSSR count). The number of hydrogen-bond donors (Lipinski definition) is 1. The van der Waals surface area contributed by atoms with E-state index in [1.165, 1.54) is 18.2 Å². The Labute approximate surface area is 127 Å². The van der Waals surface area contributed by atoms with Crippen molar-refractivity contribution in [1.29, 1.82) is 0 Å². The maximum Gasteiger partial charge on any atom is 0.124 e. The lowest BCUT2D eigenvalue weighted by Crippen LogP contribution is -2.07. The minimum absolute atomic E-state index is 0.203. The predicted molar refractivity (Wildman–Crippen MR) is 80.0 cm³/mol. The highest BCUT2D eigenvalue weighted by Crippen LogP contribution is 2.25. The van der Waals surface area contributed by atoms with Gasteiger partial charge in [-0.15, -0.1) is 0 Å². The van der Waals surface area contributed by atoms with Gasteiger partial charge in [0.25, 0.3) is 0 Å². The van der Waals surface area contributed by atoms with Crippen LogP contribution in [0.4, 0.5) is 4.39 Å². The lowest BCUT2D eigenvalue weighted by atomic mass is 10.2. The SMILES string of the molecule is CNCc1cc(Cl)ccc1OCc1cc(F)ccc1Cl. The highest BCUT2D eigenvalue weighted by molar-refractivity contribution is 6.31. The first-order valence-corrected chi connectivity index (χ1v) is 6.85. The molecule has 0 radical (unpaired) electrons. The van der Waals surface area contributed by atoms with Crippen LogP contribution < -0.4 is 10.1 Å². The van der Waals surface area contributed by atoms with Crippen LogP contribution in [0.3, 0.4) is 0 Å². The highest BCUT2D eigenvalue weighted by atomic mass is 35.5. The molecule has 0 saturated heterocycles. The van der Waals surface area contributed by atoms with Crippen LogP contribution in [-0.2, 0) is 13.2 Å². The first-order valence-electron chi connectivity index (χ1n) is 6.10. The molecule has 0 atom stereocenters. The second kappa shape index (κ2) is 6.93. The van der Waals surface area contributed by atoms with E-state index in [1.54, 1.807) is 12.1 Å². The summed E-state index contributed by atoms with van der Waals surface area (Å²) in [6, 6.07) is 9.59. The second-order valence-electron chi connectivity index (χ2n) is 4.31. The summed E-state index contributed by atoms with van der Waals surface area (Å²) in [5, 5.41) is 4.17. The van der Waals surface area contributed by atoms with Gasteiger partial charge in [0.1, 0.15) is 18.2 Å². The number of hydrogen-bond acceptors (Lipinski definition) is 2. The summed E-state index contributed by atoms with van der Waals surface area (Å²) >= 11 is 12.0. The first-order chi connectivity index (χ1) is 9.60. The lowest BCUT2D eigenvalue weighted by molar-refractivity contribution is 0.302. The minimum atomic E-state index is -0.334. The second-order valence-corrected chi connectivity index (χ2v) is 5.15. The molecule has 2 aromatic carbocycles. The Kier molecular flexibility index (Phi) is 5.24. The molecule has 0 aliphatic heterocycles. The van der Waals surface area contributed by atoms with Crippen molar-refractivity contribution in [2.45, 2.75) is 13.2 Å². The van der Waals surface area contributed by atoms with Crippen molar-refractivity contribution in [3.63, 3.8) is 0 Å². The monoisotopic (exact) mass is 313 g/mol. The van der Waals surface area contributed by atoms with E-state index in [2.05, 4.69) is 5.32 Å². The molecule has 2 aromatic rings. The van der Waals surface area contributed by atoms with Crippen LogP contribution in [0, 0.1) is 5.82 Å². The molecule has 0 bridgehead atoms. The van der Waals surface area contributed by atoms with Gasteiger partial charge in [-0.05, 0) is 43.4 Å². The Morgan fingerprint density at radius 1 is 1.10 bits per heavy atom. The molecule has 5 heteroatoms. The molecular formula is C15H14Cl2FNO. The maximum atomic E-state index is 13.2. The third-order valence-corrected chi connectivity index (χ3v) is 3.38. The van der Waals surface area contributed by atoms with Gasteiger partial charge >= 0.3 is 0 Å². The van der Waals surface area contributed by atoms with Crippen molar-refractivity contribution in [2.75, 3.05) is 7.05 Å². The molecule has 0 aromatic heterocycles. The summed E-state index contributed by atoms with van der Waals surface area (Å²) < 4.78 is 18.9. The molecule has 0 saturated carbocycles. The van der Waals surface area contributed by atoms with Crippen LogP contribution in [-0.4, -0.2) is 7.05 Å². The maximum absolute atomic E-state index is 13.2. The molecule has 0 aliphatic rings. The molecule has 2 nitrogen and oxygen atoms in total. The van der Waals surface area contributed by atoms with Crippen molar-refractivity contribution >= 4 is 23.2 Å². The average molecular weight is 314 g/mol. The fraction of sp³-hybridized carbons (Fsp3) is 0.200. The molecule has 106 valence electrons. The number of rotatable bonds is 5. The molecular weight excluding hydrogens is 300 g/mol. The lowest BCUT2D eigenvalue weighted by Gasteiger charge is -2.12. The third-order valence-electron chi connectivity index (χ3n) is 2.78. The van der Waals surface area contributed by atoms with E-state index in [-0.39, 0.29) is 12.4 Å². The van der Waals surface area contributed by atoms with Gasteiger partial charge in [-0.1, -0.05) is 23.2 Å². The van der Waals surface area contributed by atoms with E-state index in [1.807, 2.05) is 13.1 Å². The van der Waals surface area contributed by atoms with Crippen molar-refractivity contribution in [3.05, 3.63) is 63.4 Å². The summed E-state index contributed by atoms with van der Waals surface area (Å²) in [7, 11) is 1.84. The molecule has 20 heavy (non-hydrogen) atoms. The van der Waals surface area contributed by atoms with Gasteiger partial charge in [-0.3, -0.25) is 0 Å². The van der Waals surface area contributed by atoms with E-state index in [4.69, 9.17) is 27.9 Å². The summed E-state index contributed by atoms with van der Waals surface area (Å²) in [6.07, 6.45) is 0. The molecule has 0 heterocycles. The van der Waals surface area contributed by atoms with Crippen LogP contribution >= 0.6 is 23.2 Å². The quantitative estimate of drug-likeness (QED) is 0.881. The normalized spacial score (nSPS) is 10.6. The Bertz CT molecular complexity index is 604. The van der Waals surface area contributed by atoms with E-state index < -0.39 is 0 Å². The van der Waals surface area contributed by atoms with Crippen LogP contribution in [0.1, 0.15) is 11.1 Å². The zero-order chi connectivity index (χ0) is 14.5. The average Bonchev–Trinajstić information content (AvgIpc) is 2.42. The smallest absolute Gasteiger partial charge is 0.124 e. The van der Waals surface area contributed by atoms with Crippen LogP contribution in [0.15, 0.2) is 36.4 Å². The first kappa shape index (κ1) is 15.1. The Morgan fingerprint density at radius 3 is 2.65 bits per heavy atom. The summed E-state index contributed by atoms with van der Waals surface area (Å²) in [5.74, 6) is 0.364. The number of ether oxygens (including phenoxy) is 1. The summed E-state index contributed by atoms with van der Waals surface area (Å²) in [6.45, 7) is 0.835. The Balaban J connectivity index is 2.16. The van der Waals surface area contributed by atoms with E-state index in [9.17, 15) is 4.39 Å². The fourth-order valence-electron chi connectivity index (χ4n) is 1.83. The van der Waals surface area contributed by atoms with Crippen LogP contribution in [0.25, 0.3) is 0 Å². The van der Waals surface area contributed by atoms with E-state index in [0.717, 1.165) is 5.56 Å². The number of halogens is 3. The molecule has 0 unspecified atom stereocenters. The third kappa shape index (κ3) is 3.85. The molecule has 1 N–H and O–H groups in total. The highest BCUT2D eigenvalue weighted by Gasteiger charge is 2.07. The van der Waals surface area contributed by atoms with Crippen molar-refractivity contribution in [2.24, 2.45) is 0 Å². The van der Waals surface area contributed by atoms with Gasteiger partial charge in [0, 0.05) is 27.7 Å². The topological polar surface area (TPSA) is 21.3 Å². The Hall–Kier alpha value is -1.29. The molecule has 0 amide bonds. The van der Waals surface area contributed by atoms with Crippen molar-refractivity contribution < 1.29 is 9.13 Å². The molecule has 0 aliphatic carbocycles. The summed E-state index contributed by atoms with van der Waals surface area (Å²) in [5.41, 5.74) is 1.55. The van der Waals surface area contributed by atoms with Crippen molar-refractivity contribution in [1.82, 2.24) is 5.32 Å². The van der Waals surface area contributed by atoms with Gasteiger partial charge < -0.3 is 10.1 Å². The number of nitrogens with one attached hydrogen (secondary N) is 1. The molecule has 0 fully saturated rings. The van der Waals surface area contributed by atoms with Gasteiger partial charge in [-0.2, -0.15) is 0 Å². The zero-order valence-corrected chi connectivity index (χ0v) is 12.4. The van der Waals surface area contributed by atoms with Crippen molar-refractivity contribution in [3.8, 4) is 5.75 Å². The largest absolute Gasteiger partial charge is 0.489 e. The molecule has 0 spiro atoms. The van der Waals surface area contributed by atoms with Crippen LogP contribution in [0.2, 0.25) is 10.0 Å². The van der Waals surface area contributed by atoms with Gasteiger partial charge in [-0.25, -0.2) is 4.39 Å². The minimum Gasteiger partial charge on any atom is -0.489 e. The van der Waals surface area contributed by atoms with E-state index in [0.29, 0.717) is 27.9 Å². The number of benzene rings is 2. The van der Waals surface area contributed by atoms with Crippen LogP contribution in [0.5, 0.6) is 5.75 Å². The Morgan fingerprint density at radius 2 is 1.90 bits per heavy atom. The van der Waals surface area contributed by atoms with Gasteiger partial charge in [0.15, 0.2) is 0 Å². The fourth-order valence-corrected chi connectivity index (χ4v) is 2.19.